The van der Waals surface area contributed by atoms with Crippen LogP contribution in [-0.4, -0.2) is 27.6 Å². The summed E-state index contributed by atoms with van der Waals surface area (Å²) in [6.45, 7) is 5.37. The number of amides is 1. The van der Waals surface area contributed by atoms with E-state index in [9.17, 15) is 4.79 Å². The molecule has 0 radical (unpaired) electrons. The molecule has 0 bridgehead atoms. The largest absolute Gasteiger partial charge is 0.496 e. The fraction of sp³-hybridized carbons (Fsp3) is 0.235. The third-order valence-corrected chi connectivity index (χ3v) is 3.65. The Bertz CT molecular complexity index is 899. The van der Waals surface area contributed by atoms with Gasteiger partial charge in [-0.25, -0.2) is 0 Å². The first kappa shape index (κ1) is 15.0. The molecule has 0 aliphatic heterocycles. The summed E-state index contributed by atoms with van der Waals surface area (Å²) in [6.07, 6.45) is 1.95. The maximum Gasteiger partial charge on any atom is 0.221 e. The highest BCUT2D eigenvalue weighted by molar-refractivity contribution is 5.94. The first-order valence-corrected chi connectivity index (χ1v) is 7.27. The average molecular weight is 310 g/mol. The van der Waals surface area contributed by atoms with Gasteiger partial charge in [0.05, 0.1) is 12.8 Å². The van der Waals surface area contributed by atoms with E-state index < -0.39 is 0 Å². The Morgan fingerprint density at radius 2 is 2.00 bits per heavy atom. The van der Waals surface area contributed by atoms with E-state index in [1.807, 2.05) is 42.6 Å². The van der Waals surface area contributed by atoms with Gasteiger partial charge in [0.15, 0.2) is 5.65 Å². The lowest BCUT2D eigenvalue weighted by Gasteiger charge is -2.12. The minimum Gasteiger partial charge on any atom is -0.496 e. The summed E-state index contributed by atoms with van der Waals surface area (Å²) in [4.78, 5) is 11.5. The van der Waals surface area contributed by atoms with Crippen molar-refractivity contribution in [1.82, 2.24) is 14.6 Å². The van der Waals surface area contributed by atoms with E-state index in [0.29, 0.717) is 11.3 Å². The molecule has 6 heteroatoms. The number of hydrogen-bond donors (Lipinski definition) is 1. The van der Waals surface area contributed by atoms with Crippen LogP contribution in [0.1, 0.15) is 18.3 Å². The third kappa shape index (κ3) is 2.75. The van der Waals surface area contributed by atoms with Crippen LogP contribution in [0.2, 0.25) is 0 Å². The second-order valence-electron chi connectivity index (χ2n) is 5.47. The van der Waals surface area contributed by atoms with Crippen molar-refractivity contribution in [1.29, 1.82) is 0 Å². The summed E-state index contributed by atoms with van der Waals surface area (Å²) in [5.41, 5.74) is 4.24. The van der Waals surface area contributed by atoms with E-state index in [1.54, 1.807) is 7.11 Å². The number of ether oxygens (including phenoxy) is 1. The molecule has 0 unspecified atom stereocenters. The number of methoxy groups -OCH3 is 1. The Morgan fingerprint density at radius 3 is 2.70 bits per heavy atom. The van der Waals surface area contributed by atoms with E-state index in [2.05, 4.69) is 21.6 Å². The van der Waals surface area contributed by atoms with Crippen molar-refractivity contribution in [2.75, 3.05) is 12.4 Å². The highest BCUT2D eigenvalue weighted by atomic mass is 16.5. The number of aryl methyl sites for hydroxylation is 2. The van der Waals surface area contributed by atoms with Crippen LogP contribution in [-0.2, 0) is 4.79 Å². The van der Waals surface area contributed by atoms with Crippen molar-refractivity contribution in [2.45, 2.75) is 20.8 Å². The van der Waals surface area contributed by atoms with Crippen molar-refractivity contribution in [3.8, 4) is 16.9 Å². The summed E-state index contributed by atoms with van der Waals surface area (Å²) in [5, 5.41) is 11.0. The van der Waals surface area contributed by atoms with Crippen molar-refractivity contribution in [3.05, 3.63) is 41.9 Å². The number of anilines is 1. The smallest absolute Gasteiger partial charge is 0.221 e. The summed E-state index contributed by atoms with van der Waals surface area (Å²) >= 11 is 0. The number of carbonyl (C=O) groups is 1. The standard InChI is InChI=1S/C17H18N4O2/c1-10-5-6-16(23-4)14(7-10)13-8-15(18-12(3)22)17-20-19-11(2)21(17)9-13/h5-9H,1-4H3,(H,18,22). The molecular formula is C17H18N4O2. The van der Waals surface area contributed by atoms with Crippen LogP contribution >= 0.6 is 0 Å². The average Bonchev–Trinajstić information content (AvgIpc) is 2.88. The number of hydrogen-bond acceptors (Lipinski definition) is 4. The number of aromatic nitrogens is 3. The number of nitrogens with zero attached hydrogens (tertiary/aromatic N) is 3. The van der Waals surface area contributed by atoms with Crippen LogP contribution in [0.25, 0.3) is 16.8 Å². The number of carbonyl (C=O) groups excluding carboxylic acids is 1. The molecule has 3 aromatic rings. The van der Waals surface area contributed by atoms with Gasteiger partial charge in [-0.05, 0) is 32.0 Å². The molecule has 118 valence electrons. The van der Waals surface area contributed by atoms with Gasteiger partial charge in [-0.2, -0.15) is 0 Å². The van der Waals surface area contributed by atoms with Crippen LogP contribution in [0.15, 0.2) is 30.5 Å². The molecule has 1 aromatic carbocycles. The number of fused-ring (bicyclic) bond motifs is 1. The molecule has 0 saturated heterocycles. The summed E-state index contributed by atoms with van der Waals surface area (Å²) in [6, 6.07) is 7.88. The Labute approximate surface area is 134 Å². The maximum atomic E-state index is 11.5. The van der Waals surface area contributed by atoms with Gasteiger partial charge >= 0.3 is 0 Å². The quantitative estimate of drug-likeness (QED) is 0.807. The minimum absolute atomic E-state index is 0.152. The fourth-order valence-corrected chi connectivity index (χ4v) is 2.58. The first-order chi connectivity index (χ1) is 11.0. The lowest BCUT2D eigenvalue weighted by atomic mass is 10.0. The van der Waals surface area contributed by atoms with Gasteiger partial charge in [0.1, 0.15) is 11.6 Å². The SMILES string of the molecule is COc1ccc(C)cc1-c1cc(NC(C)=O)c2nnc(C)n2c1. The number of pyridine rings is 1. The van der Waals surface area contributed by atoms with Gasteiger partial charge in [-0.15, -0.1) is 10.2 Å². The van der Waals surface area contributed by atoms with Crippen LogP contribution in [0.3, 0.4) is 0 Å². The van der Waals surface area contributed by atoms with Crippen molar-refractivity contribution >= 4 is 17.2 Å². The number of benzene rings is 1. The van der Waals surface area contributed by atoms with Crippen molar-refractivity contribution in [2.24, 2.45) is 0 Å². The molecule has 0 spiro atoms. The normalized spacial score (nSPS) is 10.8. The van der Waals surface area contributed by atoms with Gasteiger partial charge in [-0.1, -0.05) is 11.6 Å². The van der Waals surface area contributed by atoms with Gasteiger partial charge < -0.3 is 10.1 Å². The van der Waals surface area contributed by atoms with E-state index in [0.717, 1.165) is 28.3 Å². The molecule has 1 N–H and O–H groups in total. The molecule has 2 heterocycles. The van der Waals surface area contributed by atoms with Crippen LogP contribution in [0.4, 0.5) is 5.69 Å². The molecule has 0 aliphatic carbocycles. The third-order valence-electron chi connectivity index (χ3n) is 3.65. The van der Waals surface area contributed by atoms with E-state index >= 15 is 0 Å². The maximum absolute atomic E-state index is 11.5. The fourth-order valence-electron chi connectivity index (χ4n) is 2.58. The Hall–Kier alpha value is -2.89. The van der Waals surface area contributed by atoms with Crippen molar-refractivity contribution < 1.29 is 9.53 Å². The molecule has 6 nitrogen and oxygen atoms in total. The van der Waals surface area contributed by atoms with Gasteiger partial charge in [0.25, 0.3) is 0 Å². The monoisotopic (exact) mass is 310 g/mol. The van der Waals surface area contributed by atoms with Crippen LogP contribution in [0, 0.1) is 13.8 Å². The van der Waals surface area contributed by atoms with E-state index in [-0.39, 0.29) is 5.91 Å². The number of nitrogens with one attached hydrogen (secondary N) is 1. The predicted molar refractivity (Wildman–Crippen MR) is 88.8 cm³/mol. The minimum atomic E-state index is -0.152. The predicted octanol–water partition coefficient (Wildman–Crippen LogP) is 2.98. The zero-order valence-electron chi connectivity index (χ0n) is 13.5. The summed E-state index contributed by atoms with van der Waals surface area (Å²) in [7, 11) is 1.64. The topological polar surface area (TPSA) is 68.5 Å². The molecule has 2 aromatic heterocycles. The second kappa shape index (κ2) is 5.72. The molecule has 1 amide bonds. The highest BCUT2D eigenvalue weighted by Crippen LogP contribution is 2.33. The molecule has 0 fully saturated rings. The van der Waals surface area contributed by atoms with Gasteiger partial charge in [0, 0.05) is 24.2 Å². The highest BCUT2D eigenvalue weighted by Gasteiger charge is 2.14. The summed E-state index contributed by atoms with van der Waals surface area (Å²) in [5.74, 6) is 1.37. The molecular weight excluding hydrogens is 292 g/mol. The zero-order chi connectivity index (χ0) is 16.6. The summed E-state index contributed by atoms with van der Waals surface area (Å²) < 4.78 is 7.34. The van der Waals surface area contributed by atoms with Crippen molar-refractivity contribution in [3.63, 3.8) is 0 Å². The van der Waals surface area contributed by atoms with E-state index in [4.69, 9.17) is 4.74 Å². The number of rotatable bonds is 3. The lowest BCUT2D eigenvalue weighted by molar-refractivity contribution is -0.114. The zero-order valence-corrected chi connectivity index (χ0v) is 13.5. The van der Waals surface area contributed by atoms with Crippen LogP contribution in [0.5, 0.6) is 5.75 Å². The van der Waals surface area contributed by atoms with E-state index in [1.165, 1.54) is 6.92 Å². The Kier molecular flexibility index (Phi) is 3.73. The lowest BCUT2D eigenvalue weighted by Crippen LogP contribution is -2.08. The van der Waals surface area contributed by atoms with Gasteiger partial charge in [0.2, 0.25) is 5.91 Å². The first-order valence-electron chi connectivity index (χ1n) is 7.27. The molecule has 23 heavy (non-hydrogen) atoms. The second-order valence-corrected chi connectivity index (χ2v) is 5.47. The molecule has 0 saturated carbocycles. The Balaban J connectivity index is 2.27. The van der Waals surface area contributed by atoms with Gasteiger partial charge in [-0.3, -0.25) is 9.20 Å². The Morgan fingerprint density at radius 1 is 1.22 bits per heavy atom. The molecule has 0 atom stereocenters. The van der Waals surface area contributed by atoms with Crippen LogP contribution < -0.4 is 10.1 Å². The molecule has 3 rings (SSSR count). The molecule has 0 aliphatic rings.